The number of nitrogens with zero attached hydrogens (tertiary/aromatic N) is 3. The predicted octanol–water partition coefficient (Wildman–Crippen LogP) is 5.32. The van der Waals surface area contributed by atoms with E-state index in [1.54, 1.807) is 19.1 Å². The molecular weight excluding hydrogens is 404 g/mol. The van der Waals surface area contributed by atoms with Gasteiger partial charge in [0.05, 0.1) is 16.3 Å². The number of hydrogen-bond donors (Lipinski definition) is 1. The molecule has 0 saturated heterocycles. The fourth-order valence-corrected chi connectivity index (χ4v) is 3.04. The molecule has 1 aromatic heterocycles. The van der Waals surface area contributed by atoms with Crippen molar-refractivity contribution >= 4 is 43.8 Å². The number of hydrazone groups is 1. The average Bonchev–Trinajstić information content (AvgIpc) is 3.09. The SMILES string of the molecule is C/C(=N/Nc1nc(-c2ccc(Br)cc2)cs1)c1cccc([N+](=O)[O-])c1. The molecule has 6 nitrogen and oxygen atoms in total. The van der Waals surface area contributed by atoms with Crippen molar-refractivity contribution < 1.29 is 4.92 Å². The van der Waals surface area contributed by atoms with Gasteiger partial charge in [-0.1, -0.05) is 40.2 Å². The summed E-state index contributed by atoms with van der Waals surface area (Å²) in [6.45, 7) is 1.79. The van der Waals surface area contributed by atoms with Crippen LogP contribution in [0.4, 0.5) is 10.8 Å². The smallest absolute Gasteiger partial charge is 0.258 e. The molecule has 0 unspecified atom stereocenters. The highest BCUT2D eigenvalue weighted by molar-refractivity contribution is 9.10. The zero-order chi connectivity index (χ0) is 17.8. The van der Waals surface area contributed by atoms with Gasteiger partial charge >= 0.3 is 0 Å². The molecule has 0 aliphatic carbocycles. The average molecular weight is 417 g/mol. The Bertz CT molecular complexity index is 938. The summed E-state index contributed by atoms with van der Waals surface area (Å²) in [6.07, 6.45) is 0. The summed E-state index contributed by atoms with van der Waals surface area (Å²) in [4.78, 5) is 14.9. The number of nitro groups is 1. The van der Waals surface area contributed by atoms with Gasteiger partial charge < -0.3 is 0 Å². The minimum atomic E-state index is -0.421. The molecule has 0 aliphatic heterocycles. The number of non-ortho nitro benzene ring substituents is 1. The Labute approximate surface area is 156 Å². The molecule has 0 radical (unpaired) electrons. The lowest BCUT2D eigenvalue weighted by Crippen LogP contribution is -2.00. The normalized spacial score (nSPS) is 11.4. The van der Waals surface area contributed by atoms with Crippen LogP contribution in [0.15, 0.2) is 63.5 Å². The summed E-state index contributed by atoms with van der Waals surface area (Å²) >= 11 is 4.85. The van der Waals surface area contributed by atoms with Gasteiger partial charge in [0.1, 0.15) is 0 Å². The van der Waals surface area contributed by atoms with Crippen molar-refractivity contribution in [2.24, 2.45) is 5.10 Å². The van der Waals surface area contributed by atoms with Crippen LogP contribution in [-0.2, 0) is 0 Å². The van der Waals surface area contributed by atoms with E-state index in [0.29, 0.717) is 16.4 Å². The maximum atomic E-state index is 10.9. The second kappa shape index (κ2) is 7.54. The molecule has 0 aliphatic rings. The van der Waals surface area contributed by atoms with E-state index in [4.69, 9.17) is 0 Å². The maximum Gasteiger partial charge on any atom is 0.270 e. The van der Waals surface area contributed by atoms with Crippen LogP contribution in [-0.4, -0.2) is 15.6 Å². The van der Waals surface area contributed by atoms with Crippen LogP contribution < -0.4 is 5.43 Å². The fraction of sp³-hybridized carbons (Fsp3) is 0.0588. The van der Waals surface area contributed by atoms with E-state index in [-0.39, 0.29) is 5.69 Å². The Hall–Kier alpha value is -2.58. The molecule has 0 amide bonds. The summed E-state index contributed by atoms with van der Waals surface area (Å²) in [7, 11) is 0. The van der Waals surface area contributed by atoms with Crippen molar-refractivity contribution in [1.82, 2.24) is 4.98 Å². The Morgan fingerprint density at radius 1 is 1.28 bits per heavy atom. The number of anilines is 1. The number of rotatable bonds is 5. The van der Waals surface area contributed by atoms with Gasteiger partial charge in [0.15, 0.2) is 0 Å². The van der Waals surface area contributed by atoms with Gasteiger partial charge in [0.2, 0.25) is 5.13 Å². The Morgan fingerprint density at radius 3 is 2.76 bits per heavy atom. The van der Waals surface area contributed by atoms with E-state index < -0.39 is 4.92 Å². The first kappa shape index (κ1) is 17.2. The molecule has 3 rings (SSSR count). The highest BCUT2D eigenvalue weighted by Crippen LogP contribution is 2.26. The molecular formula is C17H13BrN4O2S. The summed E-state index contributed by atoms with van der Waals surface area (Å²) in [5.74, 6) is 0. The lowest BCUT2D eigenvalue weighted by molar-refractivity contribution is -0.384. The third-order valence-corrected chi connectivity index (χ3v) is 4.71. The molecule has 0 fully saturated rings. The lowest BCUT2D eigenvalue weighted by atomic mass is 10.1. The number of nitro benzene ring substituents is 1. The molecule has 1 N–H and O–H groups in total. The quantitative estimate of drug-likeness (QED) is 0.346. The standard InChI is InChI=1S/C17H13BrN4O2S/c1-11(13-3-2-4-15(9-13)22(23)24)20-21-17-19-16(10-25-17)12-5-7-14(18)8-6-12/h2-10H,1H3,(H,19,21)/b20-11-. The van der Waals surface area contributed by atoms with Crippen molar-refractivity contribution in [3.63, 3.8) is 0 Å². The summed E-state index contributed by atoms with van der Waals surface area (Å²) in [5, 5.41) is 17.7. The van der Waals surface area contributed by atoms with Gasteiger partial charge in [-0.15, -0.1) is 11.3 Å². The minimum Gasteiger partial charge on any atom is -0.258 e. The third-order valence-electron chi connectivity index (χ3n) is 3.44. The van der Waals surface area contributed by atoms with E-state index in [0.717, 1.165) is 15.7 Å². The molecule has 0 bridgehead atoms. The molecule has 1 heterocycles. The van der Waals surface area contributed by atoms with Gasteiger partial charge in [0.25, 0.3) is 5.69 Å². The van der Waals surface area contributed by atoms with Crippen molar-refractivity contribution in [2.75, 3.05) is 5.43 Å². The van der Waals surface area contributed by atoms with E-state index in [2.05, 4.69) is 31.4 Å². The zero-order valence-electron chi connectivity index (χ0n) is 13.1. The fourth-order valence-electron chi connectivity index (χ4n) is 2.12. The summed E-state index contributed by atoms with van der Waals surface area (Å²) in [5.41, 5.74) is 6.16. The lowest BCUT2D eigenvalue weighted by Gasteiger charge is -2.01. The van der Waals surface area contributed by atoms with Gasteiger partial charge in [-0.05, 0) is 19.1 Å². The third kappa shape index (κ3) is 4.28. The molecule has 126 valence electrons. The van der Waals surface area contributed by atoms with Crippen LogP contribution in [0.1, 0.15) is 12.5 Å². The van der Waals surface area contributed by atoms with Crippen molar-refractivity contribution in [3.8, 4) is 11.3 Å². The number of hydrogen-bond acceptors (Lipinski definition) is 6. The maximum absolute atomic E-state index is 10.9. The first-order chi connectivity index (χ1) is 12.0. The van der Waals surface area contributed by atoms with Gasteiger partial charge in [-0.3, -0.25) is 15.5 Å². The number of aromatic nitrogens is 1. The monoisotopic (exact) mass is 416 g/mol. The number of halogens is 1. The molecule has 2 aromatic carbocycles. The van der Waals surface area contributed by atoms with Crippen molar-refractivity contribution in [1.29, 1.82) is 0 Å². The van der Waals surface area contributed by atoms with E-state index in [1.807, 2.05) is 29.6 Å². The van der Waals surface area contributed by atoms with E-state index >= 15 is 0 Å². The van der Waals surface area contributed by atoms with Crippen LogP contribution in [0.3, 0.4) is 0 Å². The number of benzene rings is 2. The van der Waals surface area contributed by atoms with Gasteiger partial charge in [-0.25, -0.2) is 4.98 Å². The molecule has 8 heteroatoms. The van der Waals surface area contributed by atoms with Crippen LogP contribution in [0.5, 0.6) is 0 Å². The van der Waals surface area contributed by atoms with Crippen LogP contribution in [0, 0.1) is 10.1 Å². The van der Waals surface area contributed by atoms with E-state index in [1.165, 1.54) is 23.5 Å². The van der Waals surface area contributed by atoms with Gasteiger partial charge in [-0.2, -0.15) is 5.10 Å². The second-order valence-electron chi connectivity index (χ2n) is 5.16. The van der Waals surface area contributed by atoms with E-state index in [9.17, 15) is 10.1 Å². The first-order valence-electron chi connectivity index (χ1n) is 7.29. The summed E-state index contributed by atoms with van der Waals surface area (Å²) in [6, 6.07) is 14.3. The van der Waals surface area contributed by atoms with Crippen molar-refractivity contribution in [3.05, 3.63) is 74.1 Å². The predicted molar refractivity (Wildman–Crippen MR) is 104 cm³/mol. The van der Waals surface area contributed by atoms with Crippen LogP contribution in [0.25, 0.3) is 11.3 Å². The molecule has 0 saturated carbocycles. The minimum absolute atomic E-state index is 0.0406. The second-order valence-corrected chi connectivity index (χ2v) is 6.94. The molecule has 0 spiro atoms. The summed E-state index contributed by atoms with van der Waals surface area (Å²) < 4.78 is 1.02. The zero-order valence-corrected chi connectivity index (χ0v) is 15.5. The van der Waals surface area contributed by atoms with Gasteiger partial charge in [0, 0.05) is 33.1 Å². The highest BCUT2D eigenvalue weighted by Gasteiger charge is 2.08. The Balaban J connectivity index is 1.74. The topological polar surface area (TPSA) is 80.4 Å². The number of nitrogens with one attached hydrogen (secondary N) is 1. The Kier molecular flexibility index (Phi) is 5.20. The molecule has 0 atom stereocenters. The first-order valence-corrected chi connectivity index (χ1v) is 8.97. The molecule has 3 aromatic rings. The van der Waals surface area contributed by atoms with Crippen LogP contribution >= 0.6 is 27.3 Å². The van der Waals surface area contributed by atoms with Crippen molar-refractivity contribution in [2.45, 2.75) is 6.92 Å². The number of thiazole rings is 1. The Morgan fingerprint density at radius 2 is 2.04 bits per heavy atom. The molecule has 25 heavy (non-hydrogen) atoms. The van der Waals surface area contributed by atoms with Crippen LogP contribution in [0.2, 0.25) is 0 Å². The largest absolute Gasteiger partial charge is 0.270 e. The highest BCUT2D eigenvalue weighted by atomic mass is 79.9.